The highest BCUT2D eigenvalue weighted by molar-refractivity contribution is 7.85. The van der Waals surface area contributed by atoms with Crippen LogP contribution in [-0.4, -0.2) is 311 Å². The van der Waals surface area contributed by atoms with Crippen LogP contribution in [0, 0.1) is 11.3 Å². The largest absolute Gasteiger partial charge is 0.394 e. The van der Waals surface area contributed by atoms with E-state index >= 15 is 24.0 Å². The number of unbranched alkanes of at least 4 members (excludes halogenated alkanes) is 2. The summed E-state index contributed by atoms with van der Waals surface area (Å²) >= 11 is 0. The van der Waals surface area contributed by atoms with Crippen molar-refractivity contribution in [3.8, 4) is 0 Å². The quantitative estimate of drug-likeness (QED) is 0.0145. The van der Waals surface area contributed by atoms with Crippen molar-refractivity contribution in [2.45, 2.75) is 216 Å². The number of primary amides is 2. The van der Waals surface area contributed by atoms with Gasteiger partial charge in [0, 0.05) is 124 Å². The predicted octanol–water partition coefficient (Wildman–Crippen LogP) is -3.12. The molecule has 0 spiro atoms. The normalized spacial score (nSPS) is 24.0. The van der Waals surface area contributed by atoms with Gasteiger partial charge in [-0.25, -0.2) is 4.98 Å². The zero-order chi connectivity index (χ0) is 97.4. The molecule has 44 heteroatoms. The Morgan fingerprint density at radius 1 is 0.541 bits per heavy atom. The maximum atomic E-state index is 15.7. The summed E-state index contributed by atoms with van der Waals surface area (Å²) in [6.45, 7) is 5.65. The molecule has 3 aromatic heterocycles. The highest BCUT2D eigenvalue weighted by Crippen LogP contribution is 2.26. The van der Waals surface area contributed by atoms with Gasteiger partial charge in [-0.2, -0.15) is 0 Å². The lowest BCUT2D eigenvalue weighted by atomic mass is 10.00. The van der Waals surface area contributed by atoms with Crippen LogP contribution in [0.15, 0.2) is 104 Å². The van der Waals surface area contributed by atoms with Crippen molar-refractivity contribution in [3.05, 3.63) is 126 Å². The van der Waals surface area contributed by atoms with E-state index in [0.29, 0.717) is 69.9 Å². The average molecular weight is 1870 g/mol. The molecule has 0 radical (unpaired) electrons. The lowest BCUT2D eigenvalue weighted by Crippen LogP contribution is -2.61. The van der Waals surface area contributed by atoms with Gasteiger partial charge in [-0.1, -0.05) is 120 Å². The number of aromatic nitrogens is 4. The number of aliphatic hydroxyl groups excluding tert-OH is 1. The molecule has 722 valence electrons. The zero-order valence-electron chi connectivity index (χ0n) is 76.3. The Labute approximate surface area is 772 Å². The number of benzene rings is 3. The smallest absolute Gasteiger partial charge is 0.246 e. The minimum atomic E-state index is -2.48. The Morgan fingerprint density at radius 3 is 1.67 bits per heavy atom. The average Bonchev–Trinajstić information content (AvgIpc) is 1.69. The molecule has 2 fully saturated rings. The summed E-state index contributed by atoms with van der Waals surface area (Å²) < 4.78 is 14.4. The highest BCUT2D eigenvalue weighted by atomic mass is 32.2. The van der Waals surface area contributed by atoms with E-state index in [1.165, 1.54) is 47.6 Å². The molecule has 0 saturated carbocycles. The molecule has 43 nitrogen and oxygen atoms in total. The molecular weight excluding hydrogens is 1740 g/mol. The predicted molar refractivity (Wildman–Crippen MR) is 490 cm³/mol. The maximum Gasteiger partial charge on any atom is 0.246 e. The van der Waals surface area contributed by atoms with E-state index in [9.17, 15) is 66.8 Å². The van der Waals surface area contributed by atoms with Crippen molar-refractivity contribution in [2.75, 3.05) is 72.5 Å². The Balaban J connectivity index is 1.19. The number of imidazole rings is 1. The molecule has 6 aromatic rings. The van der Waals surface area contributed by atoms with Gasteiger partial charge in [0.1, 0.15) is 84.3 Å². The van der Waals surface area contributed by atoms with Crippen LogP contribution in [-0.2, 0) is 118 Å². The molecule has 2 unspecified atom stereocenters. The standard InChI is InChI=1S/C89H126N24O19S/c1-10-12-30-69-82(125)102-60(29-21-33-95-89(92)93)78(121)108-68(77(120)98-44-73(91)116)47-133(132)48-75(118)101-64(36-52-23-15-14-16-24-52)85(128)110(7)51(5)76(119)104-66(40-72(90)115)87(130)113-34-22-32-70(113)83(126)103-62(39-55-43-94-49-99-55)80(123)105-63(35-50(3)4)84(127)109(6)45-74(117)100-61(37-53-41-96-58-27-19-17-25-56(53)58)79(122)107-67(46-114)81(124)106-65(38-54-42-97-59-28-20-18-26-57(54)59)86(129)112(9)71(31-13-11-2)88(131)111(69)8/h14-20,23-28,41-43,49-51,60-71,96-97,114H,10-13,21-22,29-40,44-48H2,1-9H3,(H2,90,115)(H2,91,116)(H,94,99)(H,98,120)(H,100,117)(H,101,118)(H,102,125)(H,103,126)(H,104,119)(H,105,123)(H,106,124)(H,107,122)(H,108,121)(H4,92,93,95)/t51-,60-,61-,62-,63-,64-,65-,66-,67-,68-,69-,70?,71-,133?/m0/s1. The number of likely N-dealkylation sites (N-methyl/N-ethyl adjacent to an activating group) is 4. The number of nitrogens with one attached hydrogen (secondary N) is 15. The van der Waals surface area contributed by atoms with Crippen molar-refractivity contribution in [3.63, 3.8) is 0 Å². The molecule has 5 heterocycles. The summed E-state index contributed by atoms with van der Waals surface area (Å²) in [5, 5.41) is 48.8. The summed E-state index contributed by atoms with van der Waals surface area (Å²) in [5.74, 6) is -19.1. The third-order valence-corrected chi connectivity index (χ3v) is 24.6. The number of fused-ring (bicyclic) bond motifs is 3. The first-order valence-corrected chi connectivity index (χ1v) is 45.9. The summed E-state index contributed by atoms with van der Waals surface area (Å²) in [6.07, 6.45) is 5.46. The van der Waals surface area contributed by atoms with Gasteiger partial charge in [0.25, 0.3) is 0 Å². The summed E-state index contributed by atoms with van der Waals surface area (Å²) in [6, 6.07) is 1.83. The number of aliphatic hydroxyl groups is 1. The van der Waals surface area contributed by atoms with Gasteiger partial charge in [-0.05, 0) is 86.6 Å². The number of guanidine groups is 1. The fraction of sp³-hybridized carbons (Fsp3) is 0.517. The number of nitrogens with two attached hydrogens (primary N) is 3. The monoisotopic (exact) mass is 1870 g/mol. The van der Waals surface area contributed by atoms with Crippen LogP contribution >= 0.6 is 0 Å². The number of rotatable bonds is 26. The Morgan fingerprint density at radius 2 is 1.08 bits per heavy atom. The lowest BCUT2D eigenvalue weighted by Gasteiger charge is -2.36. The Bertz CT molecular complexity index is 5150. The van der Waals surface area contributed by atoms with E-state index < -0.39 is 233 Å². The van der Waals surface area contributed by atoms with Crippen LogP contribution < -0.4 is 75.7 Å². The third-order valence-electron chi connectivity index (χ3n) is 23.3. The number of aromatic amines is 3. The van der Waals surface area contributed by atoms with Crippen LogP contribution in [0.25, 0.3) is 21.8 Å². The van der Waals surface area contributed by atoms with E-state index in [1.54, 1.807) is 105 Å². The molecule has 3 aromatic carbocycles. The van der Waals surface area contributed by atoms with Gasteiger partial charge in [0.2, 0.25) is 100 Å². The SMILES string of the molecule is CCCC[C@H]1C(=O)N(C)[C@@H](CCCC)C(=O)N[C@@H](CCCNC(=N)N)C(=O)N[C@H](C(=O)NCC(N)=O)CS(=O)CC(=O)N[C@@H](Cc2ccccc2)C(=O)N(C)[C@@H](C)C(=O)N[C@@H](CC(N)=O)C(=O)N2CCCC2C(=O)N[C@@H](Cc2cnc[nH]2)C(=O)N[C@@H](CC(C)C)C(=O)N(C)CC(=O)N[C@@H](Cc2c[nH]c3ccccc23)C(=O)N[C@@H](CO)C(=O)N[C@@H](Cc2c[nH]c3ccccc23)C(=O)N1C. The molecule has 22 N–H and O–H groups in total. The van der Waals surface area contributed by atoms with E-state index in [4.69, 9.17) is 22.6 Å². The Hall–Kier alpha value is -13.7. The van der Waals surface area contributed by atoms with Gasteiger partial charge < -0.3 is 120 Å². The van der Waals surface area contributed by atoms with E-state index in [-0.39, 0.29) is 89.6 Å². The molecule has 8 rings (SSSR count). The summed E-state index contributed by atoms with van der Waals surface area (Å²) in [5.41, 5.74) is 19.9. The second-order valence-electron chi connectivity index (χ2n) is 33.9. The summed E-state index contributed by atoms with van der Waals surface area (Å²) in [4.78, 5) is 267. The highest BCUT2D eigenvalue weighted by Gasteiger charge is 2.44. The second-order valence-corrected chi connectivity index (χ2v) is 35.4. The number of nitrogens with zero attached hydrogens (tertiary/aromatic N) is 6. The van der Waals surface area contributed by atoms with Crippen LogP contribution in [0.5, 0.6) is 0 Å². The van der Waals surface area contributed by atoms with Gasteiger partial charge in [0.05, 0.1) is 38.2 Å². The van der Waals surface area contributed by atoms with Gasteiger partial charge in [-0.3, -0.25) is 91.1 Å². The molecule has 2 aliphatic rings. The van der Waals surface area contributed by atoms with Crippen LogP contribution in [0.2, 0.25) is 0 Å². The van der Waals surface area contributed by atoms with E-state index in [2.05, 4.69) is 78.4 Å². The van der Waals surface area contributed by atoms with Gasteiger partial charge in [0.15, 0.2) is 5.96 Å². The number of amides is 17. The molecule has 0 aliphatic carbocycles. The number of carbonyl (C=O) groups excluding carboxylic acids is 17. The van der Waals surface area contributed by atoms with Crippen molar-refractivity contribution in [1.29, 1.82) is 5.41 Å². The zero-order valence-corrected chi connectivity index (χ0v) is 77.1. The maximum absolute atomic E-state index is 15.7. The molecule has 133 heavy (non-hydrogen) atoms. The second kappa shape index (κ2) is 50.6. The molecular formula is C89H126N24O19S. The molecule has 14 atom stereocenters. The number of H-pyrrole nitrogens is 3. The number of hydrogen-bond acceptors (Lipinski definition) is 21. The van der Waals surface area contributed by atoms with Crippen molar-refractivity contribution < 1.29 is 90.8 Å². The van der Waals surface area contributed by atoms with Crippen LogP contribution in [0.3, 0.4) is 0 Å². The molecule has 17 amide bonds. The first kappa shape index (κ1) is 105. The van der Waals surface area contributed by atoms with E-state index in [1.807, 2.05) is 13.8 Å². The molecule has 2 aliphatic heterocycles. The topological polar surface area (TPSA) is 638 Å². The van der Waals surface area contributed by atoms with Crippen LogP contribution in [0.1, 0.15) is 134 Å². The first-order valence-electron chi connectivity index (χ1n) is 44.4. The fourth-order valence-electron chi connectivity index (χ4n) is 15.9. The van der Waals surface area contributed by atoms with Crippen molar-refractivity contribution in [1.82, 2.24) is 103 Å². The summed E-state index contributed by atoms with van der Waals surface area (Å²) in [7, 11) is 2.66. The molecule has 2 saturated heterocycles. The molecule has 0 bridgehead atoms. The number of hydrogen-bond donors (Lipinski definition) is 19. The number of carbonyl (C=O) groups is 17. The van der Waals surface area contributed by atoms with Gasteiger partial charge >= 0.3 is 0 Å². The first-order chi connectivity index (χ1) is 63.3. The van der Waals surface area contributed by atoms with E-state index in [0.717, 1.165) is 24.5 Å². The lowest BCUT2D eigenvalue weighted by molar-refractivity contribution is -0.149. The minimum Gasteiger partial charge on any atom is -0.394 e. The van der Waals surface area contributed by atoms with Gasteiger partial charge in [-0.15, -0.1) is 0 Å². The van der Waals surface area contributed by atoms with Crippen molar-refractivity contribution >= 4 is 139 Å². The Kier molecular flexibility index (Phi) is 39.9. The van der Waals surface area contributed by atoms with Crippen LogP contribution in [0.4, 0.5) is 0 Å². The fourth-order valence-corrected chi connectivity index (χ4v) is 17.0. The third kappa shape index (κ3) is 30.4. The number of para-hydroxylation sites is 2. The van der Waals surface area contributed by atoms with Crippen molar-refractivity contribution in [2.24, 2.45) is 23.1 Å². The minimum absolute atomic E-state index is 0.00416.